The lowest BCUT2D eigenvalue weighted by molar-refractivity contribution is -0.116. The fraction of sp³-hybridized carbons (Fsp3) is 0.533. The third-order valence-corrected chi connectivity index (χ3v) is 3.53. The molecule has 6 heteroatoms. The highest BCUT2D eigenvalue weighted by Crippen LogP contribution is 2.24. The minimum atomic E-state index is -0.219. The van der Waals surface area contributed by atoms with Gasteiger partial charge in [0, 0.05) is 0 Å². The van der Waals surface area contributed by atoms with Gasteiger partial charge in [0.1, 0.15) is 0 Å². The average molecular weight is 290 g/mol. The second-order valence-electron chi connectivity index (χ2n) is 5.20. The Morgan fingerprint density at radius 1 is 1.19 bits per heavy atom. The standard InChI is InChI=1S/C15H22N4O2/c1-3-5-7-12-10(14(20)18-16-12)9-11-13(8-6-4-2)17-19-15(11)21/h9H,3-8H2,1-2H3,(H,18,20)(H2,17,19,21)/b10-9+. The van der Waals surface area contributed by atoms with Gasteiger partial charge in [0.25, 0.3) is 5.91 Å². The summed E-state index contributed by atoms with van der Waals surface area (Å²) in [5.74, 6) is -0.216. The summed E-state index contributed by atoms with van der Waals surface area (Å²) in [6, 6.07) is 0. The Morgan fingerprint density at radius 2 is 1.90 bits per heavy atom. The zero-order chi connectivity index (χ0) is 15.2. The topological polar surface area (TPSA) is 90.4 Å². The van der Waals surface area contributed by atoms with Gasteiger partial charge in [0.2, 0.25) is 5.88 Å². The fourth-order valence-electron chi connectivity index (χ4n) is 2.26. The van der Waals surface area contributed by atoms with Gasteiger partial charge >= 0.3 is 0 Å². The summed E-state index contributed by atoms with van der Waals surface area (Å²) in [5, 5.41) is 20.7. The van der Waals surface area contributed by atoms with E-state index in [1.807, 2.05) is 0 Å². The molecule has 1 aliphatic heterocycles. The van der Waals surface area contributed by atoms with E-state index in [1.54, 1.807) is 6.08 Å². The monoisotopic (exact) mass is 290 g/mol. The Balaban J connectivity index is 2.26. The number of H-pyrrole nitrogens is 1. The normalized spacial score (nSPS) is 16.4. The van der Waals surface area contributed by atoms with E-state index in [1.165, 1.54) is 0 Å². The van der Waals surface area contributed by atoms with E-state index >= 15 is 0 Å². The summed E-state index contributed by atoms with van der Waals surface area (Å²) in [5.41, 5.74) is 5.16. The highest BCUT2D eigenvalue weighted by atomic mass is 16.3. The van der Waals surface area contributed by atoms with Gasteiger partial charge in [0.15, 0.2) is 0 Å². The highest BCUT2D eigenvalue weighted by molar-refractivity contribution is 6.27. The van der Waals surface area contributed by atoms with Gasteiger partial charge in [0.05, 0.1) is 22.5 Å². The van der Waals surface area contributed by atoms with Gasteiger partial charge in [-0.2, -0.15) is 10.2 Å². The number of aromatic hydroxyl groups is 1. The molecule has 0 radical (unpaired) electrons. The number of rotatable bonds is 7. The summed E-state index contributed by atoms with van der Waals surface area (Å²) in [7, 11) is 0. The number of amides is 1. The molecule has 1 aromatic heterocycles. The number of hydrazone groups is 1. The maximum Gasteiger partial charge on any atom is 0.273 e. The predicted molar refractivity (Wildman–Crippen MR) is 81.9 cm³/mol. The van der Waals surface area contributed by atoms with E-state index in [4.69, 9.17) is 0 Å². The Bertz CT molecular complexity index is 572. The first kappa shape index (κ1) is 15.3. The van der Waals surface area contributed by atoms with Gasteiger partial charge in [-0.3, -0.25) is 4.79 Å². The van der Waals surface area contributed by atoms with Crippen molar-refractivity contribution in [1.29, 1.82) is 0 Å². The first-order valence-corrected chi connectivity index (χ1v) is 7.52. The van der Waals surface area contributed by atoms with Gasteiger partial charge in [-0.25, -0.2) is 10.5 Å². The molecule has 3 N–H and O–H groups in total. The van der Waals surface area contributed by atoms with Crippen LogP contribution >= 0.6 is 0 Å². The van der Waals surface area contributed by atoms with Crippen LogP contribution < -0.4 is 5.43 Å². The maximum absolute atomic E-state index is 11.9. The molecule has 2 heterocycles. The smallest absolute Gasteiger partial charge is 0.273 e. The Kier molecular flexibility index (Phi) is 5.14. The van der Waals surface area contributed by atoms with E-state index in [9.17, 15) is 9.90 Å². The van der Waals surface area contributed by atoms with Crippen LogP contribution in [0.3, 0.4) is 0 Å². The van der Waals surface area contributed by atoms with Crippen LogP contribution in [0.15, 0.2) is 10.7 Å². The molecule has 0 atom stereocenters. The summed E-state index contributed by atoms with van der Waals surface area (Å²) < 4.78 is 0. The lowest BCUT2D eigenvalue weighted by Gasteiger charge is -2.02. The molecule has 114 valence electrons. The minimum Gasteiger partial charge on any atom is -0.493 e. The summed E-state index contributed by atoms with van der Waals surface area (Å²) in [6.07, 6.45) is 7.28. The molecule has 1 aliphatic rings. The van der Waals surface area contributed by atoms with Gasteiger partial charge < -0.3 is 5.11 Å². The quantitative estimate of drug-likeness (QED) is 0.674. The molecule has 1 amide bonds. The van der Waals surface area contributed by atoms with Crippen LogP contribution in [0.5, 0.6) is 5.88 Å². The second kappa shape index (κ2) is 7.06. The molecule has 0 saturated heterocycles. The minimum absolute atomic E-state index is 0.00291. The number of nitrogens with one attached hydrogen (secondary N) is 2. The molecule has 0 aromatic carbocycles. The molecule has 0 unspecified atom stereocenters. The van der Waals surface area contributed by atoms with Crippen molar-refractivity contribution >= 4 is 17.7 Å². The van der Waals surface area contributed by atoms with Crippen LogP contribution in [0.4, 0.5) is 0 Å². The first-order chi connectivity index (χ1) is 10.2. The predicted octanol–water partition coefficient (Wildman–Crippen LogP) is 2.52. The molecule has 0 saturated carbocycles. The average Bonchev–Trinajstić information content (AvgIpc) is 3.00. The molecule has 6 nitrogen and oxygen atoms in total. The van der Waals surface area contributed by atoms with Crippen LogP contribution in [-0.4, -0.2) is 26.9 Å². The first-order valence-electron chi connectivity index (χ1n) is 7.52. The van der Waals surface area contributed by atoms with Crippen LogP contribution in [0.2, 0.25) is 0 Å². The number of hydrogen-bond donors (Lipinski definition) is 3. The number of nitrogens with zero attached hydrogens (tertiary/aromatic N) is 2. The highest BCUT2D eigenvalue weighted by Gasteiger charge is 2.23. The zero-order valence-electron chi connectivity index (χ0n) is 12.6. The number of hydrogen-bond acceptors (Lipinski definition) is 4. The maximum atomic E-state index is 11.9. The Morgan fingerprint density at radius 3 is 2.62 bits per heavy atom. The fourth-order valence-corrected chi connectivity index (χ4v) is 2.26. The zero-order valence-corrected chi connectivity index (χ0v) is 12.6. The molecule has 2 rings (SSSR count). The van der Waals surface area contributed by atoms with Crippen molar-refractivity contribution in [1.82, 2.24) is 15.6 Å². The number of aromatic nitrogens is 2. The van der Waals surface area contributed by atoms with Gasteiger partial charge in [-0.1, -0.05) is 26.7 Å². The molecular formula is C15H22N4O2. The van der Waals surface area contributed by atoms with Crippen molar-refractivity contribution in [2.75, 3.05) is 0 Å². The van der Waals surface area contributed by atoms with Crippen molar-refractivity contribution in [2.24, 2.45) is 5.10 Å². The van der Waals surface area contributed by atoms with E-state index < -0.39 is 0 Å². The van der Waals surface area contributed by atoms with Crippen molar-refractivity contribution in [3.8, 4) is 5.88 Å². The molecule has 1 aromatic rings. The number of carbonyl (C=O) groups is 1. The van der Waals surface area contributed by atoms with E-state index in [-0.39, 0.29) is 11.8 Å². The van der Waals surface area contributed by atoms with Gasteiger partial charge in [-0.15, -0.1) is 0 Å². The molecule has 21 heavy (non-hydrogen) atoms. The van der Waals surface area contributed by atoms with Crippen LogP contribution in [0.1, 0.15) is 57.2 Å². The van der Waals surface area contributed by atoms with Crippen molar-refractivity contribution in [3.63, 3.8) is 0 Å². The van der Waals surface area contributed by atoms with E-state index in [0.717, 1.165) is 49.9 Å². The third-order valence-electron chi connectivity index (χ3n) is 3.53. The number of unbranched alkanes of at least 4 members (excludes halogenated alkanes) is 2. The largest absolute Gasteiger partial charge is 0.493 e. The van der Waals surface area contributed by atoms with Crippen LogP contribution in [0, 0.1) is 0 Å². The van der Waals surface area contributed by atoms with Crippen LogP contribution in [0.25, 0.3) is 6.08 Å². The van der Waals surface area contributed by atoms with Crippen molar-refractivity contribution in [2.45, 2.75) is 52.4 Å². The van der Waals surface area contributed by atoms with Crippen molar-refractivity contribution < 1.29 is 9.90 Å². The number of carbonyl (C=O) groups excluding carboxylic acids is 1. The van der Waals surface area contributed by atoms with E-state index in [2.05, 4.69) is 34.6 Å². The summed E-state index contributed by atoms with van der Waals surface area (Å²) >= 11 is 0. The SMILES string of the molecule is CCCCC1=NNC(=O)/C1=C/c1c(CCCC)n[nH]c1O. The number of aryl methyl sites for hydroxylation is 1. The van der Waals surface area contributed by atoms with E-state index in [0.29, 0.717) is 11.1 Å². The molecule has 0 bridgehead atoms. The van der Waals surface area contributed by atoms with Crippen LogP contribution in [-0.2, 0) is 11.2 Å². The molecule has 0 aliphatic carbocycles. The number of aromatic amines is 1. The Labute approximate surface area is 124 Å². The molecule has 0 spiro atoms. The lowest BCUT2D eigenvalue weighted by Crippen LogP contribution is -2.13. The molecule has 0 fully saturated rings. The lowest BCUT2D eigenvalue weighted by atomic mass is 10.0. The summed E-state index contributed by atoms with van der Waals surface area (Å²) in [6.45, 7) is 4.20. The van der Waals surface area contributed by atoms with Gasteiger partial charge in [-0.05, 0) is 31.8 Å². The van der Waals surface area contributed by atoms with Crippen molar-refractivity contribution in [3.05, 3.63) is 16.8 Å². The third kappa shape index (κ3) is 3.51. The Hall–Kier alpha value is -2.11. The molecular weight excluding hydrogens is 268 g/mol. The summed E-state index contributed by atoms with van der Waals surface area (Å²) in [4.78, 5) is 11.9. The second-order valence-corrected chi connectivity index (χ2v) is 5.20.